The van der Waals surface area contributed by atoms with Crippen LogP contribution in [0.2, 0.25) is 5.02 Å². The molecule has 0 saturated heterocycles. The molecule has 150 valence electrons. The summed E-state index contributed by atoms with van der Waals surface area (Å²) in [6.45, 7) is 5.87. The molecule has 0 aliphatic carbocycles. The SMILES string of the molecule is CCOc1csc(-c2cc(NCCn3c(C)cc4c(Cl)cc(F)cc43)ncn2)c1. The predicted octanol–water partition coefficient (Wildman–Crippen LogP) is 5.77. The molecule has 29 heavy (non-hydrogen) atoms. The van der Waals surface area contributed by atoms with E-state index in [1.165, 1.54) is 12.1 Å². The van der Waals surface area contributed by atoms with Crippen molar-refractivity contribution >= 4 is 39.7 Å². The Bertz CT molecular complexity index is 1160. The highest BCUT2D eigenvalue weighted by Gasteiger charge is 2.11. The Labute approximate surface area is 177 Å². The fourth-order valence-corrected chi connectivity index (χ4v) is 4.34. The Balaban J connectivity index is 1.48. The van der Waals surface area contributed by atoms with E-state index in [2.05, 4.69) is 15.3 Å². The molecule has 0 amide bonds. The molecule has 4 aromatic rings. The lowest BCUT2D eigenvalue weighted by atomic mass is 10.2. The number of fused-ring (bicyclic) bond motifs is 1. The summed E-state index contributed by atoms with van der Waals surface area (Å²) >= 11 is 7.76. The molecule has 0 bridgehead atoms. The molecule has 0 fully saturated rings. The van der Waals surface area contributed by atoms with E-state index in [1.807, 2.05) is 42.0 Å². The van der Waals surface area contributed by atoms with E-state index in [-0.39, 0.29) is 5.82 Å². The minimum Gasteiger partial charge on any atom is -0.493 e. The van der Waals surface area contributed by atoms with E-state index >= 15 is 0 Å². The number of nitrogens with zero attached hydrogens (tertiary/aromatic N) is 3. The number of rotatable bonds is 7. The predicted molar refractivity (Wildman–Crippen MR) is 117 cm³/mol. The van der Waals surface area contributed by atoms with Crippen molar-refractivity contribution < 1.29 is 9.13 Å². The summed E-state index contributed by atoms with van der Waals surface area (Å²) in [5.74, 6) is 1.25. The molecule has 0 atom stereocenters. The minimum absolute atomic E-state index is 0.336. The second kappa shape index (κ2) is 8.39. The van der Waals surface area contributed by atoms with Crippen molar-refractivity contribution in [3.8, 4) is 16.3 Å². The van der Waals surface area contributed by atoms with Gasteiger partial charge in [-0.2, -0.15) is 0 Å². The Morgan fingerprint density at radius 3 is 2.90 bits per heavy atom. The van der Waals surface area contributed by atoms with E-state index in [4.69, 9.17) is 16.3 Å². The van der Waals surface area contributed by atoms with Gasteiger partial charge in [-0.1, -0.05) is 11.6 Å². The van der Waals surface area contributed by atoms with Gasteiger partial charge in [-0.15, -0.1) is 11.3 Å². The third-order valence-corrected chi connectivity index (χ3v) is 5.83. The molecule has 0 aliphatic rings. The number of anilines is 1. The van der Waals surface area contributed by atoms with Gasteiger partial charge in [-0.3, -0.25) is 0 Å². The second-order valence-corrected chi connectivity index (χ2v) is 7.87. The van der Waals surface area contributed by atoms with Crippen LogP contribution in [-0.2, 0) is 6.54 Å². The Morgan fingerprint density at radius 1 is 1.21 bits per heavy atom. The fraction of sp³-hybridized carbons (Fsp3) is 0.238. The normalized spacial score (nSPS) is 11.2. The first-order valence-corrected chi connectivity index (χ1v) is 10.5. The maximum Gasteiger partial charge on any atom is 0.130 e. The summed E-state index contributed by atoms with van der Waals surface area (Å²) in [6, 6.07) is 8.74. The van der Waals surface area contributed by atoms with Gasteiger partial charge < -0.3 is 14.6 Å². The number of thiophene rings is 1. The van der Waals surface area contributed by atoms with Gasteiger partial charge in [-0.25, -0.2) is 14.4 Å². The van der Waals surface area contributed by atoms with Gasteiger partial charge in [0.15, 0.2) is 0 Å². The number of benzene rings is 1. The second-order valence-electron chi connectivity index (χ2n) is 6.55. The van der Waals surface area contributed by atoms with Crippen LogP contribution in [0.25, 0.3) is 21.5 Å². The van der Waals surface area contributed by atoms with Crippen molar-refractivity contribution in [1.82, 2.24) is 14.5 Å². The van der Waals surface area contributed by atoms with Crippen molar-refractivity contribution in [1.29, 1.82) is 0 Å². The van der Waals surface area contributed by atoms with E-state index in [9.17, 15) is 4.39 Å². The maximum atomic E-state index is 13.8. The summed E-state index contributed by atoms with van der Waals surface area (Å²) in [5.41, 5.74) is 2.66. The number of hydrogen-bond donors (Lipinski definition) is 1. The monoisotopic (exact) mass is 430 g/mol. The lowest BCUT2D eigenvalue weighted by molar-refractivity contribution is 0.342. The van der Waals surface area contributed by atoms with Crippen LogP contribution in [0.4, 0.5) is 10.2 Å². The summed E-state index contributed by atoms with van der Waals surface area (Å²) in [5, 5.41) is 6.58. The average molecular weight is 431 g/mol. The summed E-state index contributed by atoms with van der Waals surface area (Å²) < 4.78 is 21.4. The van der Waals surface area contributed by atoms with Gasteiger partial charge in [0.25, 0.3) is 0 Å². The van der Waals surface area contributed by atoms with Crippen molar-refractivity contribution in [3.63, 3.8) is 0 Å². The van der Waals surface area contributed by atoms with Crippen molar-refractivity contribution in [2.24, 2.45) is 0 Å². The summed E-state index contributed by atoms with van der Waals surface area (Å²) in [4.78, 5) is 9.68. The number of ether oxygens (including phenoxy) is 1. The number of aromatic nitrogens is 3. The summed E-state index contributed by atoms with van der Waals surface area (Å²) in [7, 11) is 0. The molecule has 0 radical (unpaired) electrons. The quantitative estimate of drug-likeness (QED) is 0.404. The van der Waals surface area contributed by atoms with Gasteiger partial charge in [0, 0.05) is 41.7 Å². The Hall–Kier alpha value is -2.64. The molecule has 4 rings (SSSR count). The van der Waals surface area contributed by atoms with Crippen LogP contribution in [0, 0.1) is 12.7 Å². The van der Waals surface area contributed by atoms with Crippen molar-refractivity contribution in [2.75, 3.05) is 18.5 Å². The van der Waals surface area contributed by atoms with Crippen LogP contribution in [0.5, 0.6) is 5.75 Å². The zero-order valence-electron chi connectivity index (χ0n) is 16.1. The molecule has 0 unspecified atom stereocenters. The highest BCUT2D eigenvalue weighted by Crippen LogP contribution is 2.31. The van der Waals surface area contributed by atoms with E-state index in [1.54, 1.807) is 17.7 Å². The lowest BCUT2D eigenvalue weighted by Gasteiger charge is -2.11. The molecule has 1 aromatic carbocycles. The van der Waals surface area contributed by atoms with Crippen LogP contribution in [0.15, 0.2) is 42.0 Å². The number of aryl methyl sites for hydroxylation is 1. The lowest BCUT2D eigenvalue weighted by Crippen LogP contribution is -2.12. The van der Waals surface area contributed by atoms with Gasteiger partial charge in [0.1, 0.15) is 23.7 Å². The first-order chi connectivity index (χ1) is 14.0. The van der Waals surface area contributed by atoms with Crippen LogP contribution in [0.1, 0.15) is 12.6 Å². The molecular formula is C21H20ClFN4OS. The average Bonchev–Trinajstić information content (AvgIpc) is 3.28. The zero-order valence-corrected chi connectivity index (χ0v) is 17.6. The third-order valence-electron chi connectivity index (χ3n) is 4.59. The summed E-state index contributed by atoms with van der Waals surface area (Å²) in [6.07, 6.45) is 1.54. The molecular weight excluding hydrogens is 411 g/mol. The smallest absolute Gasteiger partial charge is 0.130 e. The fourth-order valence-electron chi connectivity index (χ4n) is 3.29. The topological polar surface area (TPSA) is 52.0 Å². The Morgan fingerprint density at radius 2 is 2.07 bits per heavy atom. The molecule has 3 aromatic heterocycles. The van der Waals surface area contributed by atoms with Crippen LogP contribution in [-0.4, -0.2) is 27.7 Å². The van der Waals surface area contributed by atoms with Crippen molar-refractivity contribution in [2.45, 2.75) is 20.4 Å². The van der Waals surface area contributed by atoms with Gasteiger partial charge in [0.05, 0.1) is 27.7 Å². The van der Waals surface area contributed by atoms with Gasteiger partial charge >= 0.3 is 0 Å². The molecule has 1 N–H and O–H groups in total. The first-order valence-electron chi connectivity index (χ1n) is 9.27. The van der Waals surface area contributed by atoms with Gasteiger partial charge in [-0.05, 0) is 32.0 Å². The van der Waals surface area contributed by atoms with E-state index in [0.29, 0.717) is 24.7 Å². The highest BCUT2D eigenvalue weighted by atomic mass is 35.5. The van der Waals surface area contributed by atoms with Crippen LogP contribution < -0.4 is 10.1 Å². The molecule has 5 nitrogen and oxygen atoms in total. The highest BCUT2D eigenvalue weighted by molar-refractivity contribution is 7.13. The number of hydrogen-bond acceptors (Lipinski definition) is 5. The Kier molecular flexibility index (Phi) is 5.69. The van der Waals surface area contributed by atoms with Gasteiger partial charge in [0.2, 0.25) is 0 Å². The molecule has 0 aliphatic heterocycles. The van der Waals surface area contributed by atoms with Crippen LogP contribution in [0.3, 0.4) is 0 Å². The largest absolute Gasteiger partial charge is 0.493 e. The van der Waals surface area contributed by atoms with Crippen molar-refractivity contribution in [3.05, 3.63) is 58.6 Å². The zero-order chi connectivity index (χ0) is 20.4. The van der Waals surface area contributed by atoms with E-state index in [0.717, 1.165) is 38.7 Å². The van der Waals surface area contributed by atoms with E-state index < -0.39 is 0 Å². The van der Waals surface area contributed by atoms with Crippen LogP contribution >= 0.6 is 22.9 Å². The first kappa shape index (κ1) is 19.7. The molecule has 0 saturated carbocycles. The third kappa shape index (κ3) is 4.21. The number of halogens is 2. The maximum absolute atomic E-state index is 13.8. The minimum atomic E-state index is -0.336. The molecule has 3 heterocycles. The molecule has 8 heteroatoms. The molecule has 0 spiro atoms. The number of nitrogens with one attached hydrogen (secondary N) is 1. The standard InChI is InChI=1S/C21H20ClFN4OS/c1-3-28-15-9-20(29-11-15)18-10-21(26-12-25-18)24-4-5-27-13(2)6-16-17(22)7-14(23)8-19(16)27/h6-12H,3-5H2,1-2H3,(H,24,25,26).